The second-order valence-electron chi connectivity index (χ2n) is 12.6. The fraction of sp³-hybridized carbons (Fsp3) is 0.325. The van der Waals surface area contributed by atoms with Crippen LogP contribution in [0.3, 0.4) is 0 Å². The van der Waals surface area contributed by atoms with Gasteiger partial charge in [0.1, 0.15) is 0 Å². The SMILES string of the molecule is CCC(C)(C)C(=O)NCCN1C(=O)c2ccccc2C1=O.CCC(C)c1ccccc1.CCN1C(=O)c2cccc3cccc(c23)C1=O. The predicted molar refractivity (Wildman–Crippen MR) is 189 cm³/mol. The maximum absolute atomic E-state index is 12.1. The molecule has 8 heteroatoms. The van der Waals surface area contributed by atoms with E-state index in [2.05, 4.69) is 49.5 Å². The Morgan fingerprint density at radius 3 is 1.62 bits per heavy atom. The largest absolute Gasteiger partial charge is 0.354 e. The molecule has 250 valence electrons. The Balaban J connectivity index is 0.000000172. The van der Waals surface area contributed by atoms with Crippen LogP contribution < -0.4 is 5.32 Å². The molecular formula is C40H45N3O5. The number of hydrogen-bond acceptors (Lipinski definition) is 5. The third-order valence-corrected chi connectivity index (χ3v) is 9.15. The van der Waals surface area contributed by atoms with E-state index in [1.165, 1.54) is 21.8 Å². The van der Waals surface area contributed by atoms with Crippen molar-refractivity contribution in [2.75, 3.05) is 19.6 Å². The highest BCUT2D eigenvalue weighted by atomic mass is 16.2. The Bertz CT molecular complexity index is 1730. The van der Waals surface area contributed by atoms with Gasteiger partial charge in [0, 0.05) is 41.6 Å². The van der Waals surface area contributed by atoms with Crippen LogP contribution in [0.15, 0.2) is 91.0 Å². The van der Waals surface area contributed by atoms with Crippen LogP contribution in [0.1, 0.15) is 107 Å². The Labute approximate surface area is 283 Å². The number of rotatable bonds is 8. The van der Waals surface area contributed by atoms with Crippen LogP contribution in [0.4, 0.5) is 0 Å². The first-order valence-electron chi connectivity index (χ1n) is 16.6. The molecule has 4 aromatic carbocycles. The standard InChI is InChI=1S/C16H20N2O3.C14H11NO2.C10H14/c1-4-16(2,3)15(21)17-9-10-18-13(19)11-7-5-6-8-12(11)14(18)20;1-2-15-13(16)10-7-3-5-9-6-4-8-11(12(9)10)14(15)17;1-3-9(2)10-7-5-4-6-8-10/h5-8H,4,9-10H2,1-3H3,(H,17,21);3-8H,2H2,1H3;4-9H,3H2,1-2H3. The second-order valence-corrected chi connectivity index (χ2v) is 12.6. The topological polar surface area (TPSA) is 104 Å². The van der Waals surface area contributed by atoms with Crippen LogP contribution in [0.25, 0.3) is 10.8 Å². The van der Waals surface area contributed by atoms with Gasteiger partial charge in [-0.3, -0.25) is 33.8 Å². The molecule has 6 rings (SSSR count). The van der Waals surface area contributed by atoms with Crippen molar-refractivity contribution in [3.8, 4) is 0 Å². The summed E-state index contributed by atoms with van der Waals surface area (Å²) >= 11 is 0. The molecule has 2 aliphatic heterocycles. The van der Waals surface area contributed by atoms with E-state index in [0.717, 1.165) is 17.2 Å². The average molecular weight is 648 g/mol. The molecule has 1 unspecified atom stereocenters. The predicted octanol–water partition coefficient (Wildman–Crippen LogP) is 7.49. The Morgan fingerprint density at radius 2 is 1.15 bits per heavy atom. The highest BCUT2D eigenvalue weighted by molar-refractivity contribution is 6.25. The third kappa shape index (κ3) is 7.54. The fourth-order valence-electron chi connectivity index (χ4n) is 5.51. The molecule has 0 aliphatic carbocycles. The lowest BCUT2D eigenvalue weighted by Crippen LogP contribution is -2.42. The lowest BCUT2D eigenvalue weighted by atomic mass is 9.89. The van der Waals surface area contributed by atoms with E-state index in [1.807, 2.05) is 52.0 Å². The van der Waals surface area contributed by atoms with Gasteiger partial charge in [0.05, 0.1) is 11.1 Å². The zero-order chi connectivity index (χ0) is 35.0. The number of carbonyl (C=O) groups excluding carboxylic acids is 5. The summed E-state index contributed by atoms with van der Waals surface area (Å²) in [7, 11) is 0. The summed E-state index contributed by atoms with van der Waals surface area (Å²) in [6, 6.07) is 28.5. The van der Waals surface area contributed by atoms with Crippen molar-refractivity contribution < 1.29 is 24.0 Å². The van der Waals surface area contributed by atoms with E-state index in [9.17, 15) is 24.0 Å². The molecule has 2 aliphatic rings. The number of carbonyl (C=O) groups is 5. The van der Waals surface area contributed by atoms with E-state index in [0.29, 0.717) is 34.7 Å². The van der Waals surface area contributed by atoms with Crippen molar-refractivity contribution >= 4 is 40.3 Å². The van der Waals surface area contributed by atoms with Crippen LogP contribution in [0.5, 0.6) is 0 Å². The molecule has 1 atom stereocenters. The molecule has 0 saturated carbocycles. The molecule has 0 aromatic heterocycles. The van der Waals surface area contributed by atoms with Crippen molar-refractivity contribution in [3.05, 3.63) is 119 Å². The van der Waals surface area contributed by atoms with Crippen LogP contribution in [0, 0.1) is 5.41 Å². The van der Waals surface area contributed by atoms with E-state index in [4.69, 9.17) is 0 Å². The summed E-state index contributed by atoms with van der Waals surface area (Å²) in [5.74, 6) is -0.328. The van der Waals surface area contributed by atoms with Gasteiger partial charge in [0.2, 0.25) is 5.91 Å². The maximum Gasteiger partial charge on any atom is 0.261 e. The Hall–Kier alpha value is -5.11. The zero-order valence-electron chi connectivity index (χ0n) is 28.7. The molecule has 0 saturated heterocycles. The molecule has 5 amide bonds. The van der Waals surface area contributed by atoms with Gasteiger partial charge >= 0.3 is 0 Å². The number of fused-ring (bicyclic) bond motifs is 1. The summed E-state index contributed by atoms with van der Waals surface area (Å²) in [6.45, 7) is 12.8. The minimum atomic E-state index is -0.442. The minimum absolute atomic E-state index is 0.0680. The van der Waals surface area contributed by atoms with Crippen molar-refractivity contribution in [2.45, 2.75) is 60.3 Å². The highest BCUT2D eigenvalue weighted by Gasteiger charge is 2.35. The summed E-state index contributed by atoms with van der Waals surface area (Å²) in [4.78, 5) is 63.0. The number of nitrogens with one attached hydrogen (secondary N) is 1. The van der Waals surface area contributed by atoms with E-state index < -0.39 is 5.41 Å². The normalized spacial score (nSPS) is 14.1. The first-order valence-corrected chi connectivity index (χ1v) is 16.6. The molecule has 0 radical (unpaired) electrons. The molecule has 0 spiro atoms. The monoisotopic (exact) mass is 647 g/mol. The zero-order valence-corrected chi connectivity index (χ0v) is 28.7. The Kier molecular flexibility index (Phi) is 11.7. The van der Waals surface area contributed by atoms with Gasteiger partial charge < -0.3 is 5.32 Å². The minimum Gasteiger partial charge on any atom is -0.354 e. The quantitative estimate of drug-likeness (QED) is 0.200. The smallest absolute Gasteiger partial charge is 0.261 e. The third-order valence-electron chi connectivity index (χ3n) is 9.15. The van der Waals surface area contributed by atoms with Crippen LogP contribution >= 0.6 is 0 Å². The second kappa shape index (κ2) is 15.7. The van der Waals surface area contributed by atoms with Crippen molar-refractivity contribution in [3.63, 3.8) is 0 Å². The van der Waals surface area contributed by atoms with Gasteiger partial charge in [0.15, 0.2) is 0 Å². The lowest BCUT2D eigenvalue weighted by Gasteiger charge is -2.25. The molecule has 2 heterocycles. The summed E-state index contributed by atoms with van der Waals surface area (Å²) in [5.41, 5.74) is 3.12. The molecule has 0 fully saturated rings. The number of benzene rings is 4. The van der Waals surface area contributed by atoms with Crippen LogP contribution in [-0.4, -0.2) is 59.0 Å². The van der Waals surface area contributed by atoms with Crippen molar-refractivity contribution in [1.82, 2.24) is 15.1 Å². The summed E-state index contributed by atoms with van der Waals surface area (Å²) < 4.78 is 0. The number of imide groups is 2. The van der Waals surface area contributed by atoms with E-state index >= 15 is 0 Å². The van der Waals surface area contributed by atoms with Gasteiger partial charge in [-0.1, -0.05) is 101 Å². The van der Waals surface area contributed by atoms with Gasteiger partial charge in [-0.2, -0.15) is 0 Å². The van der Waals surface area contributed by atoms with E-state index in [-0.39, 0.29) is 42.6 Å². The number of nitrogens with zero attached hydrogens (tertiary/aromatic N) is 2. The first-order chi connectivity index (χ1) is 23.0. The van der Waals surface area contributed by atoms with Crippen LogP contribution in [0.2, 0.25) is 0 Å². The Morgan fingerprint density at radius 1 is 0.667 bits per heavy atom. The number of amides is 5. The molecule has 1 N–H and O–H groups in total. The van der Waals surface area contributed by atoms with Crippen molar-refractivity contribution in [2.24, 2.45) is 5.41 Å². The fourth-order valence-corrected chi connectivity index (χ4v) is 5.51. The van der Waals surface area contributed by atoms with Crippen LogP contribution in [-0.2, 0) is 4.79 Å². The molecule has 4 aromatic rings. The molecule has 8 nitrogen and oxygen atoms in total. The summed E-state index contributed by atoms with van der Waals surface area (Å²) in [5, 5.41) is 4.51. The van der Waals surface area contributed by atoms with Gasteiger partial charge in [-0.05, 0) is 60.9 Å². The van der Waals surface area contributed by atoms with Crippen molar-refractivity contribution in [1.29, 1.82) is 0 Å². The molecule has 0 bridgehead atoms. The van der Waals surface area contributed by atoms with Gasteiger partial charge in [-0.15, -0.1) is 0 Å². The van der Waals surface area contributed by atoms with Gasteiger partial charge in [0.25, 0.3) is 23.6 Å². The summed E-state index contributed by atoms with van der Waals surface area (Å²) in [6.07, 6.45) is 1.95. The first kappa shape index (κ1) is 35.7. The average Bonchev–Trinajstić information content (AvgIpc) is 3.36. The lowest BCUT2D eigenvalue weighted by molar-refractivity contribution is -0.129. The highest BCUT2D eigenvalue weighted by Crippen LogP contribution is 2.29. The molecule has 48 heavy (non-hydrogen) atoms. The maximum atomic E-state index is 12.1. The molecular weight excluding hydrogens is 602 g/mol. The number of hydrogen-bond donors (Lipinski definition) is 1. The van der Waals surface area contributed by atoms with Gasteiger partial charge in [-0.25, -0.2) is 0 Å². The van der Waals surface area contributed by atoms with E-state index in [1.54, 1.807) is 36.4 Å².